The molecular weight excluding hydrogens is 1040 g/mol. The number of ketones is 1. The highest BCUT2D eigenvalue weighted by atomic mass is 79.9. The number of carbonyl (C=O) groups excluding carboxylic acids is 2. The van der Waals surface area contributed by atoms with Crippen LogP contribution >= 0.6 is 15.9 Å². The second kappa shape index (κ2) is 51.1. The van der Waals surface area contributed by atoms with Crippen LogP contribution in [0.1, 0.15) is 351 Å². The average molecular weight is 1160 g/mol. The third kappa shape index (κ3) is 38.0. The van der Waals surface area contributed by atoms with Gasteiger partial charge in [0.15, 0.2) is 17.3 Å². The van der Waals surface area contributed by atoms with Gasteiger partial charge in [-0.1, -0.05) is 338 Å². The molecule has 2 aromatic rings. The second-order valence-electron chi connectivity index (χ2n) is 24.3. The summed E-state index contributed by atoms with van der Waals surface area (Å²) in [5, 5.41) is 0. The molecule has 1 aliphatic rings. The number of esters is 1. The van der Waals surface area contributed by atoms with E-state index in [9.17, 15) is 9.59 Å². The molecule has 0 bridgehead atoms. The van der Waals surface area contributed by atoms with Crippen molar-refractivity contribution in [3.8, 4) is 17.2 Å². The highest BCUT2D eigenvalue weighted by Gasteiger charge is 2.49. The maximum atomic E-state index is 13.4. The lowest BCUT2D eigenvalue weighted by Gasteiger charge is -2.19. The third-order valence-electron chi connectivity index (χ3n) is 16.8. The SMILES string of the molecule is CCCCCCCCCCCCCCCCCCOc1cc(COC(=O)[C@@H]2C[C@H]2C(=O)c2ccc(Br)cc2)cc(OCCCCCCCCCCCCCCCCCC)c1OCCCCCCCCCCCCCCCCCC. The van der Waals surface area contributed by atoms with Gasteiger partial charge >= 0.3 is 5.97 Å². The van der Waals surface area contributed by atoms with Crippen LogP contribution in [0.3, 0.4) is 0 Å². The smallest absolute Gasteiger partial charge is 0.310 e. The van der Waals surface area contributed by atoms with E-state index in [0.29, 0.717) is 49.1 Å². The van der Waals surface area contributed by atoms with Gasteiger partial charge in [0, 0.05) is 16.0 Å². The van der Waals surface area contributed by atoms with E-state index in [-0.39, 0.29) is 24.3 Å². The Kier molecular flexibility index (Phi) is 45.8. The lowest BCUT2D eigenvalue weighted by Crippen LogP contribution is -2.12. The van der Waals surface area contributed by atoms with E-state index in [1.54, 1.807) is 0 Å². The topological polar surface area (TPSA) is 71.1 Å². The van der Waals surface area contributed by atoms with Crippen molar-refractivity contribution in [1.29, 1.82) is 0 Å². The van der Waals surface area contributed by atoms with Crippen molar-refractivity contribution < 1.29 is 28.5 Å². The number of halogens is 1. The molecule has 0 unspecified atom stereocenters. The number of Topliss-reactive ketones (excluding diaryl/α,β-unsaturated/α-hetero) is 1. The van der Waals surface area contributed by atoms with Crippen LogP contribution in [-0.2, 0) is 16.1 Å². The van der Waals surface area contributed by atoms with Crippen LogP contribution in [0, 0.1) is 11.8 Å². The van der Waals surface area contributed by atoms with E-state index in [4.69, 9.17) is 18.9 Å². The van der Waals surface area contributed by atoms with Gasteiger partial charge in [-0.05, 0) is 55.5 Å². The maximum Gasteiger partial charge on any atom is 0.310 e. The molecule has 79 heavy (non-hydrogen) atoms. The molecule has 7 heteroatoms. The molecule has 0 N–H and O–H groups in total. The number of ether oxygens (including phenoxy) is 4. The Hall–Kier alpha value is -2.54. The quantitative estimate of drug-likeness (QED) is 0.0373. The molecule has 3 rings (SSSR count). The van der Waals surface area contributed by atoms with Crippen LogP contribution in [0.2, 0.25) is 0 Å². The molecule has 2 atom stereocenters. The van der Waals surface area contributed by atoms with E-state index < -0.39 is 5.92 Å². The molecule has 0 spiro atoms. The predicted octanol–water partition coefficient (Wildman–Crippen LogP) is 23.9. The van der Waals surface area contributed by atoms with E-state index in [1.165, 1.54) is 270 Å². The highest BCUT2D eigenvalue weighted by Crippen LogP contribution is 2.43. The Morgan fingerprint density at radius 1 is 0.380 bits per heavy atom. The van der Waals surface area contributed by atoms with Crippen molar-refractivity contribution in [2.45, 2.75) is 342 Å². The first-order chi connectivity index (χ1) is 39.0. The monoisotopic (exact) mass is 1160 g/mol. The van der Waals surface area contributed by atoms with Gasteiger partial charge in [-0.2, -0.15) is 0 Å². The molecule has 0 heterocycles. The molecule has 0 aliphatic heterocycles. The zero-order chi connectivity index (χ0) is 56.3. The van der Waals surface area contributed by atoms with Crippen molar-refractivity contribution in [1.82, 2.24) is 0 Å². The van der Waals surface area contributed by atoms with Crippen molar-refractivity contribution in [3.63, 3.8) is 0 Å². The molecule has 0 saturated heterocycles. The Balaban J connectivity index is 1.52. The summed E-state index contributed by atoms with van der Waals surface area (Å²) < 4.78 is 26.8. The van der Waals surface area contributed by atoms with Gasteiger partial charge in [-0.25, -0.2) is 0 Å². The normalized spacial score (nSPS) is 14.0. The molecule has 454 valence electrons. The fraction of sp³-hybridized carbons (Fsp3) is 0.806. The second-order valence-corrected chi connectivity index (χ2v) is 25.2. The van der Waals surface area contributed by atoms with E-state index in [0.717, 1.165) is 48.6 Å². The summed E-state index contributed by atoms with van der Waals surface area (Å²) in [5.41, 5.74) is 1.46. The molecule has 1 saturated carbocycles. The predicted molar refractivity (Wildman–Crippen MR) is 341 cm³/mol. The Morgan fingerprint density at radius 2 is 0.658 bits per heavy atom. The molecule has 6 nitrogen and oxygen atoms in total. The summed E-state index contributed by atoms with van der Waals surface area (Å²) in [6.07, 6.45) is 64.6. The summed E-state index contributed by atoms with van der Waals surface area (Å²) in [7, 11) is 0. The van der Waals surface area contributed by atoms with Gasteiger partial charge in [-0.15, -0.1) is 0 Å². The summed E-state index contributed by atoms with van der Waals surface area (Å²) in [5.74, 6) is 1.01. The number of carbonyl (C=O) groups is 2. The summed E-state index contributed by atoms with van der Waals surface area (Å²) in [6.45, 7) is 8.82. The van der Waals surface area contributed by atoms with Gasteiger partial charge in [0.2, 0.25) is 5.75 Å². The van der Waals surface area contributed by atoms with E-state index in [2.05, 4.69) is 36.7 Å². The Labute approximate surface area is 496 Å². The largest absolute Gasteiger partial charge is 0.490 e. The van der Waals surface area contributed by atoms with E-state index >= 15 is 0 Å². The first kappa shape index (κ1) is 70.7. The first-order valence-electron chi connectivity index (χ1n) is 34.5. The highest BCUT2D eigenvalue weighted by molar-refractivity contribution is 9.10. The van der Waals surface area contributed by atoms with Crippen LogP contribution in [0.4, 0.5) is 0 Å². The van der Waals surface area contributed by atoms with Gasteiger partial charge in [-0.3, -0.25) is 9.59 Å². The van der Waals surface area contributed by atoms with Crippen LogP contribution in [0.5, 0.6) is 17.2 Å². The minimum atomic E-state index is -0.408. The minimum Gasteiger partial charge on any atom is -0.490 e. The number of hydrogen-bond acceptors (Lipinski definition) is 6. The van der Waals surface area contributed by atoms with Crippen LogP contribution in [0.25, 0.3) is 0 Å². The zero-order valence-electron chi connectivity index (χ0n) is 51.9. The number of rotatable bonds is 59. The molecule has 2 aromatic carbocycles. The summed E-state index contributed by atoms with van der Waals surface area (Å²) in [6, 6.07) is 11.4. The van der Waals surface area contributed by atoms with Gasteiger partial charge in [0.25, 0.3) is 0 Å². The van der Waals surface area contributed by atoms with Crippen molar-refractivity contribution in [2.24, 2.45) is 11.8 Å². The van der Waals surface area contributed by atoms with Crippen molar-refractivity contribution in [2.75, 3.05) is 19.8 Å². The van der Waals surface area contributed by atoms with Gasteiger partial charge in [0.05, 0.1) is 25.7 Å². The van der Waals surface area contributed by atoms with Gasteiger partial charge < -0.3 is 18.9 Å². The van der Waals surface area contributed by atoms with Crippen LogP contribution < -0.4 is 14.2 Å². The zero-order valence-corrected chi connectivity index (χ0v) is 53.5. The molecule has 1 aliphatic carbocycles. The molecule has 1 fully saturated rings. The molecule has 0 amide bonds. The average Bonchev–Trinajstić information content (AvgIpc) is 4.38. The molecule has 0 radical (unpaired) electrons. The fourth-order valence-corrected chi connectivity index (χ4v) is 11.7. The van der Waals surface area contributed by atoms with Crippen LogP contribution in [-0.4, -0.2) is 31.6 Å². The minimum absolute atomic E-state index is 0.00911. The van der Waals surface area contributed by atoms with Crippen molar-refractivity contribution >= 4 is 27.7 Å². The van der Waals surface area contributed by atoms with Crippen LogP contribution in [0.15, 0.2) is 40.9 Å². The fourth-order valence-electron chi connectivity index (χ4n) is 11.4. The van der Waals surface area contributed by atoms with Gasteiger partial charge in [0.1, 0.15) is 6.61 Å². The number of hydrogen-bond donors (Lipinski definition) is 0. The number of benzene rings is 2. The summed E-state index contributed by atoms with van der Waals surface area (Å²) >= 11 is 3.46. The number of unbranched alkanes of at least 4 members (excludes halogenated alkanes) is 45. The third-order valence-corrected chi connectivity index (χ3v) is 17.3. The summed E-state index contributed by atoms with van der Waals surface area (Å²) in [4.78, 5) is 26.6. The Morgan fingerprint density at radius 3 is 0.962 bits per heavy atom. The lowest BCUT2D eigenvalue weighted by atomic mass is 10.0. The Bertz CT molecular complexity index is 1650. The standard InChI is InChI=1S/C72H123BrO6/c1-4-7-10-13-16-19-22-25-28-31-34-37-40-43-46-49-56-76-68-59-63(62-79-72(75)67-61-66(67)70(74)64-52-54-65(73)55-53-64)60-69(77-57-50-47-44-41-38-35-32-29-26-23-20-17-14-11-8-5-2)71(68)78-58-51-48-45-42-39-36-33-30-27-24-21-18-15-12-9-6-3/h52-55,59-60,66-67H,4-51,56-58,61-62H2,1-3H3/t66-,67-/m1/s1. The lowest BCUT2D eigenvalue weighted by molar-refractivity contribution is -0.146. The first-order valence-corrected chi connectivity index (χ1v) is 35.3. The molecular formula is C72H123BrO6. The van der Waals surface area contributed by atoms with E-state index in [1.807, 2.05) is 36.4 Å². The van der Waals surface area contributed by atoms with Crippen molar-refractivity contribution in [3.05, 3.63) is 52.0 Å². The molecule has 0 aromatic heterocycles. The maximum absolute atomic E-state index is 13.4.